The topological polar surface area (TPSA) is 130 Å². The third-order valence-electron chi connectivity index (χ3n) is 6.84. The molecular formula is C31H36N4O6. The van der Waals surface area contributed by atoms with Gasteiger partial charge in [-0.25, -0.2) is 9.78 Å². The van der Waals surface area contributed by atoms with Crippen LogP contribution in [0.15, 0.2) is 79.0 Å². The van der Waals surface area contributed by atoms with Crippen LogP contribution in [0.2, 0.25) is 0 Å². The first-order valence-electron chi connectivity index (χ1n) is 13.7. The Kier molecular flexibility index (Phi) is 10.7. The van der Waals surface area contributed by atoms with Crippen molar-refractivity contribution >= 4 is 23.8 Å². The van der Waals surface area contributed by atoms with E-state index in [1.807, 2.05) is 79.7 Å². The zero-order valence-electron chi connectivity index (χ0n) is 23.1. The monoisotopic (exact) mass is 560 g/mol. The number of carboxylic acid groups (broad SMARTS) is 1. The number of benzene rings is 2. The number of rotatable bonds is 13. The standard InChI is InChI=1S/C31H36N4O6/c1-22-10-12-23(13-11-22)15-25(16-30(37)38)34-29(36)21-40-27-17-26(18-33-28-9-5-6-14-32-28)35(19-27)31(39)41-20-24-7-3-2-4-8-24/h2-14,25-27H,15-21H2,1H3,(H,32,33)(H,34,36)(H,37,38). The fraction of sp³-hybridized carbons (Fsp3) is 0.355. The molecule has 1 aliphatic rings. The molecule has 0 aliphatic carbocycles. The number of carbonyl (C=O) groups is 3. The Balaban J connectivity index is 1.33. The van der Waals surface area contributed by atoms with Crippen LogP contribution >= 0.6 is 0 Å². The number of hydrogen-bond donors (Lipinski definition) is 3. The molecule has 3 aromatic rings. The number of aryl methyl sites for hydroxylation is 1. The molecule has 1 saturated heterocycles. The molecule has 0 saturated carbocycles. The minimum atomic E-state index is -0.993. The number of hydrogen-bond acceptors (Lipinski definition) is 7. The first kappa shape index (κ1) is 29.5. The quantitative estimate of drug-likeness (QED) is 0.288. The molecular weight excluding hydrogens is 524 g/mol. The first-order chi connectivity index (χ1) is 19.9. The SMILES string of the molecule is Cc1ccc(CC(CC(=O)O)NC(=O)COC2CC(CNc3ccccn3)N(C(=O)OCc3ccccc3)C2)cc1. The minimum absolute atomic E-state index is 0.149. The van der Waals surface area contributed by atoms with Gasteiger partial charge >= 0.3 is 12.1 Å². The maximum absolute atomic E-state index is 13.0. The second-order valence-electron chi connectivity index (χ2n) is 10.2. The lowest BCUT2D eigenvalue weighted by molar-refractivity contribution is -0.138. The van der Waals surface area contributed by atoms with Crippen LogP contribution in [0.4, 0.5) is 10.6 Å². The third-order valence-corrected chi connectivity index (χ3v) is 6.84. The van der Waals surface area contributed by atoms with Crippen molar-refractivity contribution in [2.24, 2.45) is 0 Å². The van der Waals surface area contributed by atoms with Crippen LogP contribution < -0.4 is 10.6 Å². The van der Waals surface area contributed by atoms with Crippen molar-refractivity contribution in [1.82, 2.24) is 15.2 Å². The molecule has 4 rings (SSSR count). The van der Waals surface area contributed by atoms with E-state index in [1.165, 1.54) is 0 Å². The van der Waals surface area contributed by atoms with E-state index in [4.69, 9.17) is 9.47 Å². The van der Waals surface area contributed by atoms with Gasteiger partial charge in [-0.15, -0.1) is 0 Å². The van der Waals surface area contributed by atoms with Crippen LogP contribution in [-0.2, 0) is 32.1 Å². The maximum atomic E-state index is 13.0. The Bertz CT molecular complexity index is 1270. The number of anilines is 1. The summed E-state index contributed by atoms with van der Waals surface area (Å²) in [5, 5.41) is 15.4. The number of ether oxygens (including phenoxy) is 2. The fourth-order valence-electron chi connectivity index (χ4n) is 4.76. The van der Waals surface area contributed by atoms with Crippen LogP contribution in [0.3, 0.4) is 0 Å². The Morgan fingerprint density at radius 1 is 1.02 bits per heavy atom. The summed E-state index contributed by atoms with van der Waals surface area (Å²) in [6, 6.07) is 21.9. The summed E-state index contributed by atoms with van der Waals surface area (Å²) in [5.41, 5.74) is 2.92. The zero-order valence-corrected chi connectivity index (χ0v) is 23.1. The van der Waals surface area contributed by atoms with Gasteiger partial charge in [-0.3, -0.25) is 9.59 Å². The van der Waals surface area contributed by atoms with E-state index < -0.39 is 30.1 Å². The molecule has 2 amide bonds. The lowest BCUT2D eigenvalue weighted by Gasteiger charge is -2.24. The summed E-state index contributed by atoms with van der Waals surface area (Å²) in [5.74, 6) is -0.712. The number of nitrogens with one attached hydrogen (secondary N) is 2. The van der Waals surface area contributed by atoms with Crippen molar-refractivity contribution in [3.8, 4) is 0 Å². The van der Waals surface area contributed by atoms with Crippen molar-refractivity contribution in [2.75, 3.05) is 25.0 Å². The highest BCUT2D eigenvalue weighted by Gasteiger charge is 2.37. The lowest BCUT2D eigenvalue weighted by atomic mass is 10.0. The summed E-state index contributed by atoms with van der Waals surface area (Å²) in [6.07, 6.45) is 1.52. The number of carbonyl (C=O) groups excluding carboxylic acids is 2. The predicted molar refractivity (Wildman–Crippen MR) is 153 cm³/mol. The van der Waals surface area contributed by atoms with Gasteiger partial charge in [0.25, 0.3) is 0 Å². The van der Waals surface area contributed by atoms with Crippen LogP contribution in [0.25, 0.3) is 0 Å². The number of carboxylic acids is 1. The van der Waals surface area contributed by atoms with Gasteiger partial charge in [0.15, 0.2) is 0 Å². The molecule has 0 bridgehead atoms. The molecule has 0 radical (unpaired) electrons. The van der Waals surface area contributed by atoms with E-state index in [1.54, 1.807) is 11.1 Å². The zero-order chi connectivity index (χ0) is 29.0. The predicted octanol–water partition coefficient (Wildman–Crippen LogP) is 3.80. The Labute approximate surface area is 239 Å². The van der Waals surface area contributed by atoms with Gasteiger partial charge in [0.2, 0.25) is 5.91 Å². The second-order valence-corrected chi connectivity index (χ2v) is 10.2. The van der Waals surface area contributed by atoms with E-state index in [0.29, 0.717) is 25.2 Å². The van der Waals surface area contributed by atoms with Gasteiger partial charge in [-0.2, -0.15) is 0 Å². The molecule has 1 aliphatic heterocycles. The number of pyridine rings is 1. The van der Waals surface area contributed by atoms with Crippen molar-refractivity contribution in [1.29, 1.82) is 0 Å². The number of aliphatic carboxylic acids is 1. The number of likely N-dealkylation sites (tertiary alicyclic amines) is 1. The number of nitrogens with zero attached hydrogens (tertiary/aromatic N) is 2. The molecule has 3 unspecified atom stereocenters. The molecule has 216 valence electrons. The minimum Gasteiger partial charge on any atom is -0.481 e. The normalized spacial score (nSPS) is 17.0. The van der Waals surface area contributed by atoms with Gasteiger partial charge in [0.1, 0.15) is 19.0 Å². The molecule has 10 nitrogen and oxygen atoms in total. The van der Waals surface area contributed by atoms with Crippen LogP contribution in [0, 0.1) is 6.92 Å². The second kappa shape index (κ2) is 14.8. The number of aromatic nitrogens is 1. The van der Waals surface area contributed by atoms with Crippen molar-refractivity contribution in [2.45, 2.75) is 51.0 Å². The highest BCUT2D eigenvalue weighted by Crippen LogP contribution is 2.22. The maximum Gasteiger partial charge on any atom is 0.410 e. The third kappa shape index (κ3) is 9.61. The molecule has 1 aromatic heterocycles. The molecule has 1 fully saturated rings. The van der Waals surface area contributed by atoms with E-state index in [9.17, 15) is 19.5 Å². The molecule has 3 N–H and O–H groups in total. The highest BCUT2D eigenvalue weighted by atomic mass is 16.6. The van der Waals surface area contributed by atoms with Crippen LogP contribution in [0.5, 0.6) is 0 Å². The van der Waals surface area contributed by atoms with Crippen molar-refractivity contribution in [3.05, 3.63) is 95.7 Å². The Morgan fingerprint density at radius 2 is 1.78 bits per heavy atom. The molecule has 41 heavy (non-hydrogen) atoms. The van der Waals surface area contributed by atoms with Crippen LogP contribution in [0.1, 0.15) is 29.5 Å². The van der Waals surface area contributed by atoms with Crippen molar-refractivity contribution < 1.29 is 29.0 Å². The molecule has 3 atom stereocenters. The molecule has 10 heteroatoms. The molecule has 0 spiro atoms. The number of amides is 2. The van der Waals surface area contributed by atoms with Crippen molar-refractivity contribution in [3.63, 3.8) is 0 Å². The fourth-order valence-corrected chi connectivity index (χ4v) is 4.76. The van der Waals surface area contributed by atoms with E-state index in [0.717, 1.165) is 16.7 Å². The lowest BCUT2D eigenvalue weighted by Crippen LogP contribution is -2.41. The smallest absolute Gasteiger partial charge is 0.410 e. The van der Waals surface area contributed by atoms with Gasteiger partial charge in [0.05, 0.1) is 25.1 Å². The average Bonchev–Trinajstić information content (AvgIpc) is 3.39. The van der Waals surface area contributed by atoms with E-state index in [-0.39, 0.29) is 32.2 Å². The Hall–Kier alpha value is -4.44. The summed E-state index contributed by atoms with van der Waals surface area (Å²) >= 11 is 0. The first-order valence-corrected chi connectivity index (χ1v) is 13.7. The van der Waals surface area contributed by atoms with Gasteiger partial charge < -0.3 is 30.1 Å². The average molecular weight is 561 g/mol. The summed E-state index contributed by atoms with van der Waals surface area (Å²) in [6.45, 7) is 2.57. The Morgan fingerprint density at radius 3 is 2.49 bits per heavy atom. The summed E-state index contributed by atoms with van der Waals surface area (Å²) in [7, 11) is 0. The van der Waals surface area contributed by atoms with E-state index in [2.05, 4.69) is 15.6 Å². The van der Waals surface area contributed by atoms with Gasteiger partial charge in [-0.05, 0) is 43.0 Å². The van der Waals surface area contributed by atoms with Crippen LogP contribution in [-0.4, -0.2) is 70.8 Å². The van der Waals surface area contributed by atoms with Gasteiger partial charge in [0, 0.05) is 18.8 Å². The van der Waals surface area contributed by atoms with E-state index >= 15 is 0 Å². The molecule has 2 aromatic carbocycles. The molecule has 2 heterocycles. The highest BCUT2D eigenvalue weighted by molar-refractivity contribution is 5.78. The summed E-state index contributed by atoms with van der Waals surface area (Å²) in [4.78, 5) is 43.1. The largest absolute Gasteiger partial charge is 0.481 e. The summed E-state index contributed by atoms with van der Waals surface area (Å²) < 4.78 is 11.5. The van der Waals surface area contributed by atoms with Gasteiger partial charge in [-0.1, -0.05) is 66.2 Å².